The van der Waals surface area contributed by atoms with Crippen LogP contribution in [0.15, 0.2) is 46.8 Å². The number of rotatable bonds is 11. The van der Waals surface area contributed by atoms with E-state index in [2.05, 4.69) is 10.6 Å². The van der Waals surface area contributed by atoms with Gasteiger partial charge in [-0.05, 0) is 108 Å². The first-order valence-corrected chi connectivity index (χ1v) is 18.0. The summed E-state index contributed by atoms with van der Waals surface area (Å²) in [7, 11) is 6.64. The monoisotopic (exact) mass is 767 g/mol. The SMILES string of the molecule is CCN1C(=O)NC(c2cc(C)c(O)c(OC)c2)C(C(=O)OC(C)C(C)(C)C)=C1C.COc1cc(C2NC(=O)N(CCN(C)C)C(C)=C2C(=O)O)cc(C)c1O. The van der Waals surface area contributed by atoms with E-state index in [1.807, 2.05) is 53.6 Å². The van der Waals surface area contributed by atoms with Crippen molar-refractivity contribution >= 4 is 24.0 Å². The number of phenolic OH excluding ortho intramolecular Hbond substituents is 2. The number of amides is 4. The van der Waals surface area contributed by atoms with E-state index in [1.165, 1.54) is 24.0 Å². The van der Waals surface area contributed by atoms with E-state index in [1.54, 1.807) is 52.0 Å². The van der Waals surface area contributed by atoms with Crippen LogP contribution in [0.3, 0.4) is 0 Å². The van der Waals surface area contributed by atoms with E-state index in [4.69, 9.17) is 14.2 Å². The number of hydrogen-bond donors (Lipinski definition) is 5. The van der Waals surface area contributed by atoms with Gasteiger partial charge in [0.1, 0.15) is 6.10 Å². The minimum Gasteiger partial charge on any atom is -0.504 e. The summed E-state index contributed by atoms with van der Waals surface area (Å²) in [6.07, 6.45) is -0.320. The van der Waals surface area contributed by atoms with Crippen molar-refractivity contribution < 1.29 is 48.7 Å². The molecule has 0 bridgehead atoms. The molecular weight excluding hydrogens is 710 g/mol. The van der Waals surface area contributed by atoms with E-state index in [0.717, 1.165) is 0 Å². The van der Waals surface area contributed by atoms with Gasteiger partial charge >= 0.3 is 24.0 Å². The lowest BCUT2D eigenvalue weighted by atomic mass is 9.89. The van der Waals surface area contributed by atoms with Crippen LogP contribution in [0.2, 0.25) is 0 Å². The summed E-state index contributed by atoms with van der Waals surface area (Å²) in [4.78, 5) is 55.2. The predicted octanol–water partition coefficient (Wildman–Crippen LogP) is 5.74. The van der Waals surface area contributed by atoms with Crippen LogP contribution in [-0.2, 0) is 14.3 Å². The third-order valence-electron chi connectivity index (χ3n) is 9.92. The van der Waals surface area contributed by atoms with E-state index < -0.39 is 24.0 Å². The fraction of sp³-hybridized carbons (Fsp3) is 0.500. The minimum absolute atomic E-state index is 0.0106. The van der Waals surface area contributed by atoms with Gasteiger partial charge in [-0.25, -0.2) is 19.2 Å². The van der Waals surface area contributed by atoms with Gasteiger partial charge in [0.15, 0.2) is 23.0 Å². The molecule has 0 aromatic heterocycles. The molecule has 4 amide bonds. The Kier molecular flexibility index (Phi) is 14.2. The van der Waals surface area contributed by atoms with Crippen molar-refractivity contribution in [3.63, 3.8) is 0 Å². The zero-order valence-corrected chi connectivity index (χ0v) is 34.2. The highest BCUT2D eigenvalue weighted by molar-refractivity contribution is 5.95. The average molecular weight is 768 g/mol. The molecule has 2 aromatic rings. The van der Waals surface area contributed by atoms with Crippen LogP contribution in [0.5, 0.6) is 23.0 Å². The molecule has 5 N–H and O–H groups in total. The van der Waals surface area contributed by atoms with Gasteiger partial charge in [0.05, 0.1) is 37.4 Å². The highest BCUT2D eigenvalue weighted by Gasteiger charge is 2.39. The van der Waals surface area contributed by atoms with Gasteiger partial charge in [0, 0.05) is 31.0 Å². The number of phenols is 2. The third kappa shape index (κ3) is 9.82. The molecule has 2 aliphatic heterocycles. The number of carboxylic acid groups (broad SMARTS) is 1. The summed E-state index contributed by atoms with van der Waals surface area (Å²) >= 11 is 0. The highest BCUT2D eigenvalue weighted by Crippen LogP contribution is 2.39. The van der Waals surface area contributed by atoms with Gasteiger partial charge in [-0.1, -0.05) is 20.8 Å². The quantitative estimate of drug-likeness (QED) is 0.175. The molecule has 2 aromatic carbocycles. The Morgan fingerprint density at radius 3 is 1.65 bits per heavy atom. The number of methoxy groups -OCH3 is 2. The van der Waals surface area contributed by atoms with Crippen LogP contribution in [0.4, 0.5) is 9.59 Å². The molecule has 0 fully saturated rings. The number of aromatic hydroxyl groups is 2. The number of benzene rings is 2. The third-order valence-corrected chi connectivity index (χ3v) is 9.92. The maximum Gasteiger partial charge on any atom is 0.338 e. The smallest absolute Gasteiger partial charge is 0.338 e. The number of nitrogens with one attached hydrogen (secondary N) is 2. The maximum atomic E-state index is 13.2. The summed E-state index contributed by atoms with van der Waals surface area (Å²) in [6.45, 7) is 17.9. The van der Waals surface area contributed by atoms with Crippen molar-refractivity contribution in [1.82, 2.24) is 25.3 Å². The summed E-state index contributed by atoms with van der Waals surface area (Å²) in [5.41, 5.74) is 3.48. The lowest BCUT2D eigenvalue weighted by Gasteiger charge is -2.36. The number of nitrogens with zero attached hydrogens (tertiary/aromatic N) is 3. The molecule has 0 radical (unpaired) electrons. The fourth-order valence-electron chi connectivity index (χ4n) is 6.15. The van der Waals surface area contributed by atoms with Crippen molar-refractivity contribution in [2.45, 2.75) is 80.5 Å². The second-order valence-corrected chi connectivity index (χ2v) is 15.0. The average Bonchev–Trinajstić information content (AvgIpc) is 3.09. The highest BCUT2D eigenvalue weighted by atomic mass is 16.5. The molecule has 3 unspecified atom stereocenters. The molecule has 0 saturated carbocycles. The topological polar surface area (TPSA) is 190 Å². The van der Waals surface area contributed by atoms with Crippen LogP contribution in [0.1, 0.15) is 82.8 Å². The first-order chi connectivity index (χ1) is 25.6. The maximum absolute atomic E-state index is 13.2. The number of urea groups is 2. The van der Waals surface area contributed by atoms with Crippen molar-refractivity contribution in [1.29, 1.82) is 0 Å². The lowest BCUT2D eigenvalue weighted by Crippen LogP contribution is -2.49. The summed E-state index contributed by atoms with van der Waals surface area (Å²) in [5.74, 6) is -1.05. The van der Waals surface area contributed by atoms with E-state index >= 15 is 0 Å². The van der Waals surface area contributed by atoms with Gasteiger partial charge in [0.2, 0.25) is 0 Å². The second-order valence-electron chi connectivity index (χ2n) is 15.0. The number of likely N-dealkylation sites (N-methyl/N-ethyl adjacent to an activating group) is 1. The van der Waals surface area contributed by atoms with Crippen molar-refractivity contribution in [2.75, 3.05) is 47.9 Å². The number of hydrogen-bond acceptors (Lipinski definition) is 10. The number of carbonyl (C=O) groups excluding carboxylic acids is 3. The molecule has 15 nitrogen and oxygen atoms in total. The summed E-state index contributed by atoms with van der Waals surface area (Å²) in [5, 5.41) is 35.6. The molecule has 55 heavy (non-hydrogen) atoms. The van der Waals surface area contributed by atoms with Crippen LogP contribution in [0.25, 0.3) is 0 Å². The van der Waals surface area contributed by atoms with Crippen LogP contribution >= 0.6 is 0 Å². The van der Waals surface area contributed by atoms with Crippen molar-refractivity contribution in [3.05, 3.63) is 69.1 Å². The Morgan fingerprint density at radius 1 is 0.818 bits per heavy atom. The summed E-state index contributed by atoms with van der Waals surface area (Å²) < 4.78 is 16.2. The Morgan fingerprint density at radius 2 is 1.25 bits per heavy atom. The molecule has 4 rings (SSSR count). The lowest BCUT2D eigenvalue weighted by molar-refractivity contribution is -0.149. The van der Waals surface area contributed by atoms with Crippen LogP contribution in [0, 0.1) is 19.3 Å². The Hall–Kier alpha value is -5.44. The summed E-state index contributed by atoms with van der Waals surface area (Å²) in [6, 6.07) is 4.36. The zero-order chi connectivity index (χ0) is 41.7. The normalized spacial score (nSPS) is 18.0. The number of carbonyl (C=O) groups is 4. The number of aliphatic carboxylic acids is 1. The van der Waals surface area contributed by atoms with Gasteiger partial charge < -0.3 is 45.1 Å². The van der Waals surface area contributed by atoms with Gasteiger partial charge in [-0.3, -0.25) is 9.80 Å². The number of aryl methyl sites for hydroxylation is 2. The zero-order valence-electron chi connectivity index (χ0n) is 34.2. The molecule has 0 saturated heterocycles. The standard InChI is InChI=1S/C22H32N2O5.C18H25N3O5/c1-9-24-13(3)17(20(26)29-14(4)22(5,6)7)18(23-21(24)27)15-10-12(2)19(25)16(11-15)28-8;1-10-8-12(9-13(26-5)16(10)22)15-14(17(23)24)11(2)21(18(25)19-15)7-6-20(3)4/h10-11,14,18,25H,9H2,1-8H3,(H,23,27);8-9,15,22H,6-7H2,1-5H3,(H,19,25)(H,23,24). The van der Waals surface area contributed by atoms with E-state index in [9.17, 15) is 34.5 Å². The largest absolute Gasteiger partial charge is 0.504 e. The molecular formula is C40H57N5O10. The Labute approximate surface area is 323 Å². The second kappa shape index (κ2) is 17.8. The van der Waals surface area contributed by atoms with Crippen LogP contribution < -0.4 is 20.1 Å². The number of carboxylic acids is 1. The first kappa shape index (κ1) is 44.0. The number of ether oxygens (including phenoxy) is 3. The number of allylic oxidation sites excluding steroid dienone is 2. The first-order valence-electron chi connectivity index (χ1n) is 18.0. The van der Waals surface area contributed by atoms with Gasteiger partial charge in [0.25, 0.3) is 0 Å². The van der Waals surface area contributed by atoms with E-state index in [0.29, 0.717) is 58.9 Å². The Bertz CT molecular complexity index is 1860. The van der Waals surface area contributed by atoms with Crippen LogP contribution in [-0.4, -0.2) is 108 Å². The Balaban J connectivity index is 0.000000297. The van der Waals surface area contributed by atoms with Gasteiger partial charge in [-0.2, -0.15) is 0 Å². The molecule has 15 heteroatoms. The van der Waals surface area contributed by atoms with Crippen molar-refractivity contribution in [3.8, 4) is 23.0 Å². The van der Waals surface area contributed by atoms with Crippen molar-refractivity contribution in [2.24, 2.45) is 5.41 Å². The predicted molar refractivity (Wildman–Crippen MR) is 207 cm³/mol. The minimum atomic E-state index is -1.10. The molecule has 2 aliphatic rings. The molecule has 302 valence electrons. The van der Waals surface area contributed by atoms with E-state index in [-0.39, 0.29) is 52.2 Å². The molecule has 0 spiro atoms. The molecule has 2 heterocycles. The molecule has 0 aliphatic carbocycles. The fourth-order valence-corrected chi connectivity index (χ4v) is 6.15. The molecule has 3 atom stereocenters. The van der Waals surface area contributed by atoms with Gasteiger partial charge in [-0.15, -0.1) is 0 Å². The number of esters is 1.